The van der Waals surface area contributed by atoms with Crippen LogP contribution in [0.25, 0.3) is 0 Å². The van der Waals surface area contributed by atoms with Crippen molar-refractivity contribution >= 4 is 32.1 Å². The van der Waals surface area contributed by atoms with E-state index >= 15 is 0 Å². The largest absolute Gasteiger partial charge is 1.00 e. The molecule has 0 aromatic rings. The third kappa shape index (κ3) is 366. The Kier molecular flexibility index (Phi) is 281. The molecular formula is H10ClNa3O9S2. The van der Waals surface area contributed by atoms with Crippen molar-refractivity contribution in [3.05, 3.63) is 0 Å². The first-order valence-electron chi connectivity index (χ1n) is 0.821. The zero-order valence-electron chi connectivity index (χ0n) is 8.33. The van der Waals surface area contributed by atoms with Crippen LogP contribution in [0.1, 0.15) is 0 Å². The standard InChI is InChI=1S/ClO.3Na.H2O3S2.5H2O/c1-2;;;;1-5(2,3)4;;;;;/h;;;;(H2,1,2,3,4);5*1H2/q-1;3*+1;;;;;;/p-2. The van der Waals surface area contributed by atoms with Crippen molar-refractivity contribution in [3.8, 4) is 0 Å². The zero-order valence-corrected chi connectivity index (χ0v) is 16.7. The molecular weight excluding hydrogens is 313 g/mol. The van der Waals surface area contributed by atoms with Gasteiger partial charge in [-0.05, 0) is 11.2 Å². The SMILES string of the molecule is O.O.O.O.O.O=S([O-])([O-])=S.[Na+].[Na+].[Na+].[O-]Cl. The van der Waals surface area contributed by atoms with Gasteiger partial charge in [0.05, 0.1) is 0 Å². The van der Waals surface area contributed by atoms with E-state index in [1.165, 1.54) is 0 Å². The van der Waals surface area contributed by atoms with Gasteiger partial charge in [-0.15, -0.1) is 9.05 Å². The molecule has 0 fully saturated rings. The summed E-state index contributed by atoms with van der Waals surface area (Å²) in [7, 11) is -4.33. The van der Waals surface area contributed by atoms with E-state index in [0.717, 1.165) is 0 Å². The Morgan fingerprint density at radius 1 is 0.800 bits per heavy atom. The van der Waals surface area contributed by atoms with E-state index in [9.17, 15) is 0 Å². The minimum absolute atomic E-state index is 0. The van der Waals surface area contributed by atoms with Crippen LogP contribution in [0.3, 0.4) is 0 Å². The van der Waals surface area contributed by atoms with E-state index < -0.39 is 9.05 Å². The molecule has 0 heterocycles. The molecule has 0 amide bonds. The first-order chi connectivity index (χ1) is 3.00. The molecule has 0 aliphatic heterocycles. The van der Waals surface area contributed by atoms with E-state index in [1.807, 2.05) is 0 Å². The monoisotopic (exact) mass is 322 g/mol. The molecule has 0 atom stereocenters. The van der Waals surface area contributed by atoms with Gasteiger partial charge in [0.2, 0.25) is 0 Å². The van der Waals surface area contributed by atoms with E-state index in [2.05, 4.69) is 23.1 Å². The van der Waals surface area contributed by atoms with Crippen LogP contribution in [-0.4, -0.2) is 40.7 Å². The molecule has 0 unspecified atom stereocenters. The molecule has 15 heteroatoms. The topological polar surface area (TPSA) is 244 Å². The molecule has 0 saturated heterocycles. The van der Waals surface area contributed by atoms with Crippen molar-refractivity contribution in [3.63, 3.8) is 0 Å². The molecule has 10 N–H and O–H groups in total. The van der Waals surface area contributed by atoms with Gasteiger partial charge in [0, 0.05) is 0 Å². The van der Waals surface area contributed by atoms with Gasteiger partial charge in [-0.2, -0.15) is 0 Å². The summed E-state index contributed by atoms with van der Waals surface area (Å²) in [5.74, 6) is 0. The maximum atomic E-state index is 8.89. The maximum absolute atomic E-state index is 8.89. The molecule has 0 bridgehead atoms. The number of halogens is 1. The van der Waals surface area contributed by atoms with Gasteiger partial charge in [-0.25, -0.2) is 11.9 Å². The third-order valence-corrected chi connectivity index (χ3v) is 0. The van der Waals surface area contributed by atoms with Crippen LogP contribution in [0.2, 0.25) is 0 Å². The Hall–Kier alpha value is 3.34. The first-order valence-corrected chi connectivity index (χ1v) is 3.46. The number of rotatable bonds is 0. The van der Waals surface area contributed by atoms with Crippen LogP contribution in [0.4, 0.5) is 0 Å². The Morgan fingerprint density at radius 2 is 0.800 bits per heavy atom. The van der Waals surface area contributed by atoms with Gasteiger partial charge in [-0.3, -0.25) is 4.21 Å². The van der Waals surface area contributed by atoms with Crippen LogP contribution in [0, 0.1) is 0 Å². The second-order valence-electron chi connectivity index (χ2n) is 0.408. The van der Waals surface area contributed by atoms with Crippen molar-refractivity contribution in [2.24, 2.45) is 0 Å². The predicted molar refractivity (Wildman–Crippen MR) is 41.0 cm³/mol. The Morgan fingerprint density at radius 3 is 0.800 bits per heavy atom. The van der Waals surface area contributed by atoms with E-state index in [-0.39, 0.29) is 116 Å². The summed E-state index contributed by atoms with van der Waals surface area (Å²) >= 11 is 6.63. The zero-order chi connectivity index (χ0) is 6.50. The number of hydrogen-bond donors (Lipinski definition) is 0. The first kappa shape index (κ1) is 79.3. The third-order valence-electron chi connectivity index (χ3n) is 0. The number of hydrogen-bond acceptors (Lipinski definition) is 5. The molecule has 0 aromatic carbocycles. The van der Waals surface area contributed by atoms with Crippen LogP contribution < -0.4 is 93.3 Å². The fraction of sp³-hybridized carbons (Fsp3) is 0. The molecule has 0 rings (SSSR count). The van der Waals surface area contributed by atoms with Gasteiger partial charge in [0.15, 0.2) is 0 Å². The van der Waals surface area contributed by atoms with Gasteiger partial charge in [0.1, 0.15) is 0 Å². The molecule has 0 aliphatic carbocycles. The summed E-state index contributed by atoms with van der Waals surface area (Å²) in [4.78, 5) is 0. The van der Waals surface area contributed by atoms with Gasteiger partial charge in [0.25, 0.3) is 0 Å². The van der Waals surface area contributed by atoms with Crippen molar-refractivity contribution in [2.75, 3.05) is 0 Å². The molecule has 0 radical (unpaired) electrons. The minimum atomic E-state index is -4.33. The summed E-state index contributed by atoms with van der Waals surface area (Å²) in [6.07, 6.45) is 0. The van der Waals surface area contributed by atoms with E-state index in [4.69, 9.17) is 18.0 Å². The van der Waals surface area contributed by atoms with Crippen LogP contribution in [0.5, 0.6) is 0 Å². The van der Waals surface area contributed by atoms with Crippen LogP contribution >= 0.6 is 11.9 Å². The Balaban J connectivity index is -0.00000000298. The quantitative estimate of drug-likeness (QED) is 0.393. The van der Waals surface area contributed by atoms with Crippen molar-refractivity contribution in [2.45, 2.75) is 0 Å². The maximum Gasteiger partial charge on any atom is 1.00 e. The minimum Gasteiger partial charge on any atom is -0.780 e. The van der Waals surface area contributed by atoms with Gasteiger partial charge in [-0.1, -0.05) is 0 Å². The molecule has 86 valence electrons. The summed E-state index contributed by atoms with van der Waals surface area (Å²) < 4.78 is 34.4. The second-order valence-corrected chi connectivity index (χ2v) is 2.45. The van der Waals surface area contributed by atoms with Crippen molar-refractivity contribution < 1.29 is 134 Å². The molecule has 0 aliphatic rings. The van der Waals surface area contributed by atoms with Gasteiger partial charge < -0.3 is 41.1 Å². The average Bonchev–Trinajstić information content (AvgIpc) is 1.36. The van der Waals surface area contributed by atoms with E-state index in [1.54, 1.807) is 0 Å². The van der Waals surface area contributed by atoms with Crippen molar-refractivity contribution in [1.82, 2.24) is 0 Å². The predicted octanol–water partition coefficient (Wildman–Crippen LogP) is -14.6. The van der Waals surface area contributed by atoms with E-state index in [0.29, 0.717) is 0 Å². The molecule has 15 heavy (non-hydrogen) atoms. The van der Waals surface area contributed by atoms with Gasteiger partial charge >= 0.3 is 88.7 Å². The van der Waals surface area contributed by atoms with Crippen molar-refractivity contribution in [1.29, 1.82) is 0 Å². The molecule has 9 nitrogen and oxygen atoms in total. The fourth-order valence-corrected chi connectivity index (χ4v) is 0. The Bertz CT molecular complexity index is 107. The summed E-state index contributed by atoms with van der Waals surface area (Å²) in [5.41, 5.74) is 0. The molecule has 0 spiro atoms. The van der Waals surface area contributed by atoms with Crippen LogP contribution in [-0.2, 0) is 20.2 Å². The average molecular weight is 323 g/mol. The summed E-state index contributed by atoms with van der Waals surface area (Å²) in [6.45, 7) is 0. The second kappa shape index (κ2) is 53.1. The summed E-state index contributed by atoms with van der Waals surface area (Å²) in [5, 5.41) is 0. The Labute approximate surface area is 163 Å². The fourth-order valence-electron chi connectivity index (χ4n) is 0. The molecule has 0 saturated carbocycles. The van der Waals surface area contributed by atoms with Crippen LogP contribution in [0.15, 0.2) is 0 Å². The summed E-state index contributed by atoms with van der Waals surface area (Å²) in [6, 6.07) is 0. The smallest absolute Gasteiger partial charge is 0.780 e. The molecule has 0 aromatic heterocycles. The normalized spacial score (nSPS) is 4.27.